The van der Waals surface area contributed by atoms with Gasteiger partial charge in [0.2, 0.25) is 0 Å². The quantitative estimate of drug-likeness (QED) is 0.789. The highest BCUT2D eigenvalue weighted by Gasteiger charge is 2.23. The number of aryl methyl sites for hydroxylation is 1. The minimum absolute atomic E-state index is 0.0658. The molecule has 7 nitrogen and oxygen atoms in total. The maximum atomic E-state index is 12.3. The maximum Gasteiger partial charge on any atom is 0.269 e. The Morgan fingerprint density at radius 3 is 2.64 bits per heavy atom. The Labute approximate surface area is 145 Å². The first-order valence-corrected chi connectivity index (χ1v) is 8.46. The van der Waals surface area contributed by atoms with Crippen molar-refractivity contribution in [2.75, 3.05) is 18.0 Å². The lowest BCUT2D eigenvalue weighted by Crippen LogP contribution is -2.45. The topological polar surface area (TPSA) is 75.9 Å². The van der Waals surface area contributed by atoms with Crippen LogP contribution in [0.5, 0.6) is 0 Å². The van der Waals surface area contributed by atoms with Gasteiger partial charge < -0.3 is 10.2 Å². The molecule has 0 radical (unpaired) electrons. The van der Waals surface area contributed by atoms with Crippen molar-refractivity contribution in [3.8, 4) is 0 Å². The third-order valence-corrected chi connectivity index (χ3v) is 4.64. The molecule has 1 amide bonds. The third-order valence-electron chi connectivity index (χ3n) is 4.64. The number of para-hydroxylation sites is 2. The smallest absolute Gasteiger partial charge is 0.269 e. The highest BCUT2D eigenvalue weighted by atomic mass is 16.2. The van der Waals surface area contributed by atoms with Crippen LogP contribution in [-0.2, 0) is 7.05 Å². The fourth-order valence-corrected chi connectivity index (χ4v) is 3.21. The molecule has 2 aromatic heterocycles. The van der Waals surface area contributed by atoms with Gasteiger partial charge in [0.1, 0.15) is 11.5 Å². The van der Waals surface area contributed by atoms with Gasteiger partial charge in [-0.3, -0.25) is 14.5 Å². The van der Waals surface area contributed by atoms with Gasteiger partial charge in [-0.15, -0.1) is 0 Å². The second-order valence-corrected chi connectivity index (χ2v) is 6.29. The number of anilines is 1. The summed E-state index contributed by atoms with van der Waals surface area (Å²) in [5.41, 5.74) is 2.40. The van der Waals surface area contributed by atoms with Crippen LogP contribution >= 0.6 is 0 Å². The number of fused-ring (bicyclic) bond motifs is 1. The van der Waals surface area contributed by atoms with Crippen LogP contribution in [0.15, 0.2) is 42.7 Å². The molecule has 128 valence electrons. The minimum atomic E-state index is -0.0658. The standard InChI is InChI=1S/C18H20N6O/c1-23-16(6-9-20-23)18(25)21-13-7-10-24(11-8-13)17-12-19-14-4-2-3-5-15(14)22-17/h2-6,9,12-13H,7-8,10-11H2,1H3,(H,21,25). The van der Waals surface area contributed by atoms with Gasteiger partial charge in [0.25, 0.3) is 5.91 Å². The van der Waals surface area contributed by atoms with E-state index < -0.39 is 0 Å². The molecule has 7 heteroatoms. The summed E-state index contributed by atoms with van der Waals surface area (Å²) >= 11 is 0. The number of piperidine rings is 1. The number of amides is 1. The molecule has 1 aliphatic rings. The van der Waals surface area contributed by atoms with Gasteiger partial charge in [-0.25, -0.2) is 4.98 Å². The van der Waals surface area contributed by atoms with E-state index in [1.807, 2.05) is 30.5 Å². The van der Waals surface area contributed by atoms with E-state index in [4.69, 9.17) is 4.98 Å². The van der Waals surface area contributed by atoms with Crippen molar-refractivity contribution in [3.63, 3.8) is 0 Å². The summed E-state index contributed by atoms with van der Waals surface area (Å²) in [6.07, 6.45) is 5.24. The van der Waals surface area contributed by atoms with Gasteiger partial charge >= 0.3 is 0 Å². The Morgan fingerprint density at radius 2 is 1.92 bits per heavy atom. The van der Waals surface area contributed by atoms with Crippen LogP contribution in [0.4, 0.5) is 5.82 Å². The summed E-state index contributed by atoms with van der Waals surface area (Å²) < 4.78 is 1.59. The van der Waals surface area contributed by atoms with Crippen LogP contribution in [0.25, 0.3) is 11.0 Å². The first kappa shape index (κ1) is 15.6. The molecule has 3 heterocycles. The van der Waals surface area contributed by atoms with Gasteiger partial charge in [-0.1, -0.05) is 12.1 Å². The van der Waals surface area contributed by atoms with Gasteiger partial charge in [-0.05, 0) is 31.0 Å². The molecule has 0 aliphatic carbocycles. The van der Waals surface area contributed by atoms with Crippen molar-refractivity contribution in [2.45, 2.75) is 18.9 Å². The molecule has 0 spiro atoms. The molecule has 1 saturated heterocycles. The zero-order chi connectivity index (χ0) is 17.2. The van der Waals surface area contributed by atoms with E-state index >= 15 is 0 Å². The first-order valence-electron chi connectivity index (χ1n) is 8.46. The summed E-state index contributed by atoms with van der Waals surface area (Å²) in [7, 11) is 1.77. The van der Waals surface area contributed by atoms with E-state index in [9.17, 15) is 4.79 Å². The van der Waals surface area contributed by atoms with Crippen molar-refractivity contribution >= 4 is 22.8 Å². The van der Waals surface area contributed by atoms with E-state index in [0.717, 1.165) is 42.8 Å². The molecule has 1 N–H and O–H groups in total. The summed E-state index contributed by atoms with van der Waals surface area (Å²) in [4.78, 5) is 23.7. The molecule has 0 bridgehead atoms. The van der Waals surface area contributed by atoms with Crippen molar-refractivity contribution in [2.24, 2.45) is 7.05 Å². The molecule has 1 fully saturated rings. The molecule has 0 saturated carbocycles. The molecule has 0 unspecified atom stereocenters. The minimum Gasteiger partial charge on any atom is -0.355 e. The molecule has 1 aromatic carbocycles. The monoisotopic (exact) mass is 336 g/mol. The molecular formula is C18H20N6O. The lowest BCUT2D eigenvalue weighted by molar-refractivity contribution is 0.0921. The molecule has 0 atom stereocenters. The second-order valence-electron chi connectivity index (χ2n) is 6.29. The number of aromatic nitrogens is 4. The average Bonchev–Trinajstić information content (AvgIpc) is 3.08. The lowest BCUT2D eigenvalue weighted by Gasteiger charge is -2.33. The molecule has 3 aromatic rings. The molecule has 1 aliphatic heterocycles. The number of hydrogen-bond acceptors (Lipinski definition) is 5. The number of nitrogens with zero attached hydrogens (tertiary/aromatic N) is 5. The molecular weight excluding hydrogens is 316 g/mol. The van der Waals surface area contributed by atoms with Crippen molar-refractivity contribution in [3.05, 3.63) is 48.4 Å². The Morgan fingerprint density at radius 1 is 1.16 bits per heavy atom. The van der Waals surface area contributed by atoms with Crippen LogP contribution in [0, 0.1) is 0 Å². The second kappa shape index (κ2) is 6.51. The largest absolute Gasteiger partial charge is 0.355 e. The van der Waals surface area contributed by atoms with E-state index in [0.29, 0.717) is 5.69 Å². The number of hydrogen-bond donors (Lipinski definition) is 1. The summed E-state index contributed by atoms with van der Waals surface area (Å²) in [5.74, 6) is 0.832. The number of rotatable bonds is 3. The van der Waals surface area contributed by atoms with E-state index in [-0.39, 0.29) is 11.9 Å². The van der Waals surface area contributed by atoms with E-state index in [1.165, 1.54) is 0 Å². The van der Waals surface area contributed by atoms with Crippen molar-refractivity contribution in [1.29, 1.82) is 0 Å². The first-order chi connectivity index (χ1) is 12.2. The molecule has 4 rings (SSSR count). The van der Waals surface area contributed by atoms with E-state index in [2.05, 4.69) is 20.3 Å². The zero-order valence-electron chi connectivity index (χ0n) is 14.1. The van der Waals surface area contributed by atoms with Crippen molar-refractivity contribution < 1.29 is 4.79 Å². The lowest BCUT2D eigenvalue weighted by atomic mass is 10.0. The predicted molar refractivity (Wildman–Crippen MR) is 95.4 cm³/mol. The number of carbonyl (C=O) groups excluding carboxylic acids is 1. The van der Waals surface area contributed by atoms with Crippen LogP contribution in [-0.4, -0.2) is 44.8 Å². The number of carbonyl (C=O) groups is 1. The highest BCUT2D eigenvalue weighted by Crippen LogP contribution is 2.20. The summed E-state index contributed by atoms with van der Waals surface area (Å²) in [6.45, 7) is 1.70. The fourth-order valence-electron chi connectivity index (χ4n) is 3.21. The third kappa shape index (κ3) is 3.17. The fraction of sp³-hybridized carbons (Fsp3) is 0.333. The van der Waals surface area contributed by atoms with Gasteiger partial charge in [0.15, 0.2) is 0 Å². The Hall–Kier alpha value is -2.96. The van der Waals surface area contributed by atoms with Crippen LogP contribution < -0.4 is 10.2 Å². The van der Waals surface area contributed by atoms with Crippen LogP contribution in [0.1, 0.15) is 23.3 Å². The van der Waals surface area contributed by atoms with Gasteiger partial charge in [0, 0.05) is 32.4 Å². The summed E-state index contributed by atoms with van der Waals surface area (Å²) in [5, 5.41) is 7.14. The van der Waals surface area contributed by atoms with Gasteiger partial charge in [-0.2, -0.15) is 5.10 Å². The SMILES string of the molecule is Cn1nccc1C(=O)NC1CCN(c2cnc3ccccc3n2)CC1. The maximum absolute atomic E-state index is 12.3. The number of nitrogens with one attached hydrogen (secondary N) is 1. The normalized spacial score (nSPS) is 15.5. The van der Waals surface area contributed by atoms with Crippen LogP contribution in [0.3, 0.4) is 0 Å². The summed E-state index contributed by atoms with van der Waals surface area (Å²) in [6, 6.07) is 9.79. The van der Waals surface area contributed by atoms with Crippen LogP contribution in [0.2, 0.25) is 0 Å². The van der Waals surface area contributed by atoms with Crippen molar-refractivity contribution in [1.82, 2.24) is 25.1 Å². The molecule has 25 heavy (non-hydrogen) atoms. The zero-order valence-corrected chi connectivity index (χ0v) is 14.1. The Kier molecular flexibility index (Phi) is 4.05. The van der Waals surface area contributed by atoms with Gasteiger partial charge in [0.05, 0.1) is 17.2 Å². The Balaban J connectivity index is 1.39. The average molecular weight is 336 g/mol. The highest BCUT2D eigenvalue weighted by molar-refractivity contribution is 5.92. The predicted octanol–water partition coefficient (Wildman–Crippen LogP) is 1.76. The number of benzene rings is 1. The Bertz CT molecular complexity index is 897. The van der Waals surface area contributed by atoms with E-state index in [1.54, 1.807) is 24.0 Å².